The summed E-state index contributed by atoms with van der Waals surface area (Å²) in [5.74, 6) is 0.852. The van der Waals surface area contributed by atoms with Crippen LogP contribution in [0.3, 0.4) is 0 Å². The number of aromatic nitrogens is 2. The van der Waals surface area contributed by atoms with Crippen LogP contribution in [0.1, 0.15) is 11.1 Å². The fraction of sp³-hybridized carbons (Fsp3) is 0.188. The first-order valence-corrected chi connectivity index (χ1v) is 6.84. The molecule has 1 aromatic carbocycles. The molecule has 0 unspecified atom stereocenters. The quantitative estimate of drug-likeness (QED) is 0.635. The van der Waals surface area contributed by atoms with Gasteiger partial charge in [-0.15, -0.1) is 0 Å². The summed E-state index contributed by atoms with van der Waals surface area (Å²) in [6.07, 6.45) is 5.05. The Labute approximate surface area is 132 Å². The van der Waals surface area contributed by atoms with Crippen molar-refractivity contribution in [3.05, 3.63) is 47.4 Å². The number of benzene rings is 1. The lowest BCUT2D eigenvalue weighted by Crippen LogP contribution is -2.05. The largest absolute Gasteiger partial charge is 0.493 e. The van der Waals surface area contributed by atoms with Crippen LogP contribution in [0.2, 0.25) is 0 Å². The number of methoxy groups -OCH3 is 2. The molecule has 2 aromatic rings. The molecule has 0 bridgehead atoms. The third-order valence-corrected chi connectivity index (χ3v) is 3.28. The van der Waals surface area contributed by atoms with E-state index in [2.05, 4.69) is 10.1 Å². The molecule has 0 saturated heterocycles. The van der Waals surface area contributed by atoms with E-state index >= 15 is 0 Å². The summed E-state index contributed by atoms with van der Waals surface area (Å²) in [5, 5.41) is 4.04. The van der Waals surface area contributed by atoms with Crippen molar-refractivity contribution in [2.75, 3.05) is 14.2 Å². The number of rotatable bonds is 4. The summed E-state index contributed by atoms with van der Waals surface area (Å²) >= 11 is 0. The van der Waals surface area contributed by atoms with Crippen LogP contribution in [0.4, 0.5) is 0 Å². The summed E-state index contributed by atoms with van der Waals surface area (Å²) in [6.45, 7) is 0. The van der Waals surface area contributed by atoms with E-state index in [1.807, 2.05) is 0 Å². The van der Waals surface area contributed by atoms with E-state index < -0.39 is 5.97 Å². The molecule has 7 heteroatoms. The lowest BCUT2D eigenvalue weighted by Gasteiger charge is -2.08. The molecule has 0 fully saturated rings. The predicted molar refractivity (Wildman–Crippen MR) is 83.4 cm³/mol. The molecule has 0 atom stereocenters. The van der Waals surface area contributed by atoms with Crippen LogP contribution < -0.4 is 9.47 Å². The highest BCUT2D eigenvalue weighted by Gasteiger charge is 2.25. The van der Waals surface area contributed by atoms with E-state index in [1.54, 1.807) is 55.5 Å². The Morgan fingerprint density at radius 3 is 2.65 bits per heavy atom. The molecule has 0 amide bonds. The Morgan fingerprint density at radius 2 is 2.00 bits per heavy atom. The van der Waals surface area contributed by atoms with Gasteiger partial charge < -0.3 is 14.2 Å². The summed E-state index contributed by atoms with van der Waals surface area (Å²) < 4.78 is 17.3. The average molecular weight is 313 g/mol. The Bertz CT molecular complexity index is 820. The second kappa shape index (κ2) is 5.96. The minimum Gasteiger partial charge on any atom is -0.493 e. The fourth-order valence-electron chi connectivity index (χ4n) is 2.17. The molecule has 23 heavy (non-hydrogen) atoms. The highest BCUT2D eigenvalue weighted by Crippen LogP contribution is 2.29. The van der Waals surface area contributed by atoms with E-state index in [0.29, 0.717) is 17.1 Å². The van der Waals surface area contributed by atoms with Crippen molar-refractivity contribution >= 4 is 17.9 Å². The minimum absolute atomic E-state index is 0.225. The smallest absolute Gasteiger partial charge is 0.363 e. The van der Waals surface area contributed by atoms with Gasteiger partial charge in [0.2, 0.25) is 5.90 Å². The molecule has 1 aliphatic rings. The number of hydrogen-bond donors (Lipinski definition) is 0. The first kappa shape index (κ1) is 14.8. The summed E-state index contributed by atoms with van der Waals surface area (Å²) in [7, 11) is 4.89. The predicted octanol–water partition coefficient (Wildman–Crippen LogP) is 1.78. The summed E-state index contributed by atoms with van der Waals surface area (Å²) in [5.41, 5.74) is 1.63. The van der Waals surface area contributed by atoms with Crippen LogP contribution in [0.15, 0.2) is 41.3 Å². The molecule has 1 aromatic heterocycles. The molecule has 0 N–H and O–H groups in total. The van der Waals surface area contributed by atoms with Crippen molar-refractivity contribution in [1.29, 1.82) is 0 Å². The number of nitrogens with zero attached hydrogens (tertiary/aromatic N) is 3. The molecule has 118 valence electrons. The summed E-state index contributed by atoms with van der Waals surface area (Å²) in [4.78, 5) is 16.2. The maximum atomic E-state index is 12.0. The first-order valence-electron chi connectivity index (χ1n) is 6.84. The molecule has 3 rings (SSSR count). The summed E-state index contributed by atoms with van der Waals surface area (Å²) in [6, 6.07) is 5.19. The average Bonchev–Trinajstić information content (AvgIpc) is 3.13. The zero-order chi connectivity index (χ0) is 16.4. The van der Waals surface area contributed by atoms with Gasteiger partial charge in [-0.1, -0.05) is 0 Å². The normalized spacial score (nSPS) is 15.5. The minimum atomic E-state index is -0.501. The standard InChI is InChI=1S/C16H15N3O4/c1-19-9-10(8-17-19)6-12-16(20)23-15(18-12)11-4-5-13(21-2)14(7-11)22-3/h4-9H,1-3H3. The van der Waals surface area contributed by atoms with E-state index in [4.69, 9.17) is 14.2 Å². The molecule has 0 aliphatic carbocycles. The van der Waals surface area contributed by atoms with Gasteiger partial charge in [0, 0.05) is 24.4 Å². The van der Waals surface area contributed by atoms with Crippen molar-refractivity contribution in [3.8, 4) is 11.5 Å². The molecule has 2 heterocycles. The zero-order valence-electron chi connectivity index (χ0n) is 12.9. The van der Waals surface area contributed by atoms with Crippen molar-refractivity contribution in [2.45, 2.75) is 0 Å². The molecule has 0 saturated carbocycles. The van der Waals surface area contributed by atoms with Gasteiger partial charge in [0.05, 0.1) is 20.4 Å². The maximum absolute atomic E-state index is 12.0. The van der Waals surface area contributed by atoms with Crippen molar-refractivity contribution in [2.24, 2.45) is 12.0 Å². The highest BCUT2D eigenvalue weighted by atomic mass is 16.6. The number of hydrogen-bond acceptors (Lipinski definition) is 6. The molecule has 0 spiro atoms. The van der Waals surface area contributed by atoms with Gasteiger partial charge in [0.25, 0.3) is 0 Å². The number of esters is 1. The molecule has 7 nitrogen and oxygen atoms in total. The molecule has 0 radical (unpaired) electrons. The first-order chi connectivity index (χ1) is 11.1. The van der Waals surface area contributed by atoms with Crippen molar-refractivity contribution < 1.29 is 19.0 Å². The fourth-order valence-corrected chi connectivity index (χ4v) is 2.17. The highest BCUT2D eigenvalue weighted by molar-refractivity contribution is 6.13. The van der Waals surface area contributed by atoms with E-state index in [1.165, 1.54) is 7.11 Å². The zero-order valence-corrected chi connectivity index (χ0v) is 12.9. The Hall–Kier alpha value is -3.09. The van der Waals surface area contributed by atoms with Gasteiger partial charge in [0.1, 0.15) is 0 Å². The Kier molecular flexibility index (Phi) is 3.84. The van der Waals surface area contributed by atoms with E-state index in [-0.39, 0.29) is 11.6 Å². The number of ether oxygens (including phenoxy) is 3. The number of aliphatic imine (C=N–C) groups is 1. The van der Waals surface area contributed by atoms with Crippen LogP contribution in [0.5, 0.6) is 11.5 Å². The topological polar surface area (TPSA) is 74.9 Å². The third kappa shape index (κ3) is 2.94. The van der Waals surface area contributed by atoms with Crippen LogP contribution in [-0.2, 0) is 16.6 Å². The number of carbonyl (C=O) groups is 1. The number of aryl methyl sites for hydroxylation is 1. The lowest BCUT2D eigenvalue weighted by molar-refractivity contribution is -0.129. The Morgan fingerprint density at radius 1 is 1.22 bits per heavy atom. The third-order valence-electron chi connectivity index (χ3n) is 3.28. The van der Waals surface area contributed by atoms with Gasteiger partial charge in [-0.05, 0) is 24.3 Å². The molecule has 1 aliphatic heterocycles. The van der Waals surface area contributed by atoms with Gasteiger partial charge in [-0.2, -0.15) is 5.10 Å². The Balaban J connectivity index is 1.93. The van der Waals surface area contributed by atoms with Crippen LogP contribution in [0.25, 0.3) is 6.08 Å². The van der Waals surface area contributed by atoms with Gasteiger partial charge in [-0.25, -0.2) is 9.79 Å². The van der Waals surface area contributed by atoms with Crippen molar-refractivity contribution in [3.63, 3.8) is 0 Å². The number of cyclic esters (lactones) is 1. The van der Waals surface area contributed by atoms with E-state index in [9.17, 15) is 4.79 Å². The van der Waals surface area contributed by atoms with Gasteiger partial charge in [0.15, 0.2) is 17.2 Å². The second-order valence-electron chi connectivity index (χ2n) is 4.85. The van der Waals surface area contributed by atoms with E-state index in [0.717, 1.165) is 5.56 Å². The van der Waals surface area contributed by atoms with Gasteiger partial charge >= 0.3 is 5.97 Å². The van der Waals surface area contributed by atoms with Crippen LogP contribution in [-0.4, -0.2) is 35.9 Å². The monoisotopic (exact) mass is 313 g/mol. The molecular formula is C16H15N3O4. The maximum Gasteiger partial charge on any atom is 0.363 e. The van der Waals surface area contributed by atoms with Crippen molar-refractivity contribution in [1.82, 2.24) is 9.78 Å². The number of carbonyl (C=O) groups excluding carboxylic acids is 1. The SMILES string of the molecule is COc1ccc(C2=NC(=Cc3cnn(C)c3)C(=O)O2)cc1OC. The van der Waals surface area contributed by atoms with Crippen LogP contribution in [0, 0.1) is 0 Å². The second-order valence-corrected chi connectivity index (χ2v) is 4.85. The van der Waals surface area contributed by atoms with Crippen LogP contribution >= 0.6 is 0 Å². The lowest BCUT2D eigenvalue weighted by atomic mass is 10.2. The molecular weight excluding hydrogens is 298 g/mol. The van der Waals surface area contributed by atoms with Gasteiger partial charge in [-0.3, -0.25) is 4.68 Å².